The Bertz CT molecular complexity index is 286. The molecule has 2 heterocycles. The zero-order valence-electron chi connectivity index (χ0n) is 4.57. The molecule has 0 aliphatic carbocycles. The number of hydrogen-bond donors (Lipinski definition) is 0. The van der Waals surface area contributed by atoms with E-state index in [1.807, 2.05) is 5.93 Å². The van der Waals surface area contributed by atoms with Crippen LogP contribution in [0, 0.1) is 0 Å². The lowest BCUT2D eigenvalue weighted by Gasteiger charge is -1.80. The summed E-state index contributed by atoms with van der Waals surface area (Å²) in [6, 6.07) is 0. The molecule has 2 rings (SSSR count). The van der Waals surface area contributed by atoms with E-state index < -0.39 is 0 Å². The molecule has 0 saturated heterocycles. The van der Waals surface area contributed by atoms with E-state index in [-0.39, 0.29) is 0 Å². The van der Waals surface area contributed by atoms with Crippen molar-refractivity contribution in [3.63, 3.8) is 0 Å². The van der Waals surface area contributed by atoms with E-state index in [2.05, 4.69) is 15.0 Å². The minimum absolute atomic E-state index is 0.637. The first-order valence-corrected chi connectivity index (χ1v) is 3.63. The highest BCUT2D eigenvalue weighted by Gasteiger charge is 1.90. The molecule has 0 radical (unpaired) electrons. The van der Waals surface area contributed by atoms with Gasteiger partial charge in [0.1, 0.15) is 17.1 Å². The van der Waals surface area contributed by atoms with Crippen LogP contribution in [-0.4, -0.2) is 15.0 Å². The molecule has 0 aliphatic rings. The maximum absolute atomic E-state index is 4.06. The Morgan fingerprint density at radius 3 is 3.22 bits per heavy atom. The Morgan fingerprint density at radius 2 is 2.33 bits per heavy atom. The van der Waals surface area contributed by atoms with Crippen LogP contribution >= 0.6 is 8.19 Å². The van der Waals surface area contributed by atoms with Crippen molar-refractivity contribution in [3.05, 3.63) is 18.5 Å². The molecule has 2 aromatic heterocycles. The van der Waals surface area contributed by atoms with Crippen molar-refractivity contribution in [2.45, 2.75) is 0 Å². The van der Waals surface area contributed by atoms with Crippen LogP contribution in [0.1, 0.15) is 0 Å². The van der Waals surface area contributed by atoms with E-state index in [0.29, 0.717) is 8.19 Å². The minimum Gasteiger partial charge on any atom is -0.249 e. The van der Waals surface area contributed by atoms with Crippen LogP contribution in [0.5, 0.6) is 0 Å². The van der Waals surface area contributed by atoms with Gasteiger partial charge in [0.05, 0.1) is 6.20 Å². The second-order valence-corrected chi connectivity index (χ2v) is 2.68. The van der Waals surface area contributed by atoms with Crippen molar-refractivity contribution in [2.24, 2.45) is 0 Å². The molecule has 0 saturated carbocycles. The maximum Gasteiger partial charge on any atom is 0.116 e. The first kappa shape index (κ1) is 4.89. The molecule has 0 N–H and O–H groups in total. The van der Waals surface area contributed by atoms with Crippen LogP contribution in [0.15, 0.2) is 18.5 Å². The van der Waals surface area contributed by atoms with Crippen molar-refractivity contribution in [3.8, 4) is 0 Å². The summed E-state index contributed by atoms with van der Waals surface area (Å²) in [5.74, 6) is 1.87. The highest BCUT2D eigenvalue weighted by molar-refractivity contribution is 7.35. The van der Waals surface area contributed by atoms with Gasteiger partial charge in [-0.2, -0.15) is 0 Å². The Kier molecular flexibility index (Phi) is 0.965. The summed E-state index contributed by atoms with van der Waals surface area (Å²) in [6.45, 7) is 0. The van der Waals surface area contributed by atoms with E-state index in [1.165, 1.54) is 0 Å². The summed E-state index contributed by atoms with van der Waals surface area (Å²) in [4.78, 5) is 11.9. The maximum atomic E-state index is 4.06. The predicted molar refractivity (Wildman–Crippen MR) is 36.8 cm³/mol. The smallest absolute Gasteiger partial charge is 0.116 e. The quantitative estimate of drug-likeness (QED) is 0.544. The third-order valence-electron chi connectivity index (χ3n) is 1.10. The number of aromatic nitrogens is 3. The van der Waals surface area contributed by atoms with Gasteiger partial charge in [-0.25, -0.2) is 15.0 Å². The van der Waals surface area contributed by atoms with Crippen LogP contribution in [0.2, 0.25) is 0 Å². The van der Waals surface area contributed by atoms with Gasteiger partial charge >= 0.3 is 0 Å². The molecule has 0 bridgehead atoms. The molecule has 9 heavy (non-hydrogen) atoms. The predicted octanol–water partition coefficient (Wildman–Crippen LogP) is 1.06. The molecule has 1 unspecified atom stereocenters. The zero-order chi connectivity index (χ0) is 6.10. The largest absolute Gasteiger partial charge is 0.249 e. The van der Waals surface area contributed by atoms with Gasteiger partial charge in [0.25, 0.3) is 0 Å². The number of rotatable bonds is 0. The van der Waals surface area contributed by atoms with Crippen molar-refractivity contribution in [1.29, 1.82) is 0 Å². The molecule has 0 spiro atoms. The van der Waals surface area contributed by atoms with E-state index in [0.717, 1.165) is 10.8 Å². The fourth-order valence-corrected chi connectivity index (χ4v) is 1.43. The minimum atomic E-state index is 0.637. The second-order valence-electron chi connectivity index (χ2n) is 1.66. The lowest BCUT2D eigenvalue weighted by molar-refractivity contribution is 1.22. The summed E-state index contributed by atoms with van der Waals surface area (Å²) in [6.07, 6.45) is 3.29. The molecule has 44 valence electrons. The van der Waals surface area contributed by atoms with Gasteiger partial charge < -0.3 is 0 Å². The highest BCUT2D eigenvalue weighted by atomic mass is 31.0. The van der Waals surface area contributed by atoms with Crippen LogP contribution < -0.4 is 0 Å². The van der Waals surface area contributed by atoms with E-state index in [9.17, 15) is 0 Å². The first-order valence-electron chi connectivity index (χ1n) is 2.56. The second kappa shape index (κ2) is 1.78. The lowest BCUT2D eigenvalue weighted by atomic mass is 10.6. The zero-order valence-corrected chi connectivity index (χ0v) is 5.57. The fraction of sp³-hybridized carbons (Fsp3) is 0. The first-order chi connectivity index (χ1) is 4.47. The van der Waals surface area contributed by atoms with Crippen molar-refractivity contribution in [2.75, 3.05) is 0 Å². The fourth-order valence-electron chi connectivity index (χ4n) is 0.691. The van der Waals surface area contributed by atoms with Gasteiger partial charge in [-0.1, -0.05) is 8.19 Å². The van der Waals surface area contributed by atoms with Crippen LogP contribution in [-0.2, 0) is 0 Å². The molecule has 4 heteroatoms. The van der Waals surface area contributed by atoms with E-state index in [4.69, 9.17) is 0 Å². The Labute approximate surface area is 53.3 Å². The highest BCUT2D eigenvalue weighted by Crippen LogP contribution is 2.16. The summed E-state index contributed by atoms with van der Waals surface area (Å²) in [5.41, 5.74) is 0.927. The van der Waals surface area contributed by atoms with Crippen LogP contribution in [0.3, 0.4) is 0 Å². The van der Waals surface area contributed by atoms with Gasteiger partial charge in [0.15, 0.2) is 0 Å². The molecule has 2 aromatic rings. The molecule has 0 aliphatic heterocycles. The number of fused-ring (bicyclic) bond motifs is 1. The van der Waals surface area contributed by atoms with Gasteiger partial charge in [-0.05, 0) is 0 Å². The topological polar surface area (TPSA) is 38.7 Å². The summed E-state index contributed by atoms with van der Waals surface area (Å²) in [5, 5.41) is 1.06. The van der Waals surface area contributed by atoms with Crippen LogP contribution in [0.25, 0.3) is 10.8 Å². The van der Waals surface area contributed by atoms with Gasteiger partial charge in [-0.15, -0.1) is 0 Å². The number of nitrogens with zero attached hydrogens (tertiary/aromatic N) is 3. The van der Waals surface area contributed by atoms with E-state index >= 15 is 0 Å². The Morgan fingerprint density at radius 1 is 1.33 bits per heavy atom. The average Bonchev–Trinajstić information content (AvgIpc) is 2.33. The Balaban J connectivity index is 2.95. The van der Waals surface area contributed by atoms with Crippen LogP contribution in [0.4, 0.5) is 0 Å². The molecule has 1 atom stereocenters. The lowest BCUT2D eigenvalue weighted by Crippen LogP contribution is -1.73. The third kappa shape index (κ3) is 0.698. The van der Waals surface area contributed by atoms with E-state index in [1.54, 1.807) is 12.5 Å². The van der Waals surface area contributed by atoms with Gasteiger partial charge in [0.2, 0.25) is 0 Å². The SMILES string of the molecule is c1ncc2nc[pH]c2n1. The summed E-state index contributed by atoms with van der Waals surface area (Å²) < 4.78 is 0. The summed E-state index contributed by atoms with van der Waals surface area (Å²) >= 11 is 0. The molecular weight excluding hydrogens is 133 g/mol. The van der Waals surface area contributed by atoms with Gasteiger partial charge in [-0.3, -0.25) is 0 Å². The average molecular weight is 137 g/mol. The molecule has 3 nitrogen and oxygen atoms in total. The van der Waals surface area contributed by atoms with Crippen molar-refractivity contribution < 1.29 is 0 Å². The molecule has 0 aromatic carbocycles. The summed E-state index contributed by atoms with van der Waals surface area (Å²) in [7, 11) is 0.637. The van der Waals surface area contributed by atoms with Crippen molar-refractivity contribution >= 4 is 19.0 Å². The standard InChI is InChI=1S/C5H4N3P/c1-4-5(7-2-6-1)9-3-8-4/h1-3,9H. The molecular formula is C5H4N3P. The van der Waals surface area contributed by atoms with Crippen molar-refractivity contribution in [1.82, 2.24) is 15.0 Å². The number of hydrogen-bond acceptors (Lipinski definition) is 3. The monoisotopic (exact) mass is 137 g/mol. The Hall–Kier alpha value is -0.950. The molecule has 0 fully saturated rings. The van der Waals surface area contributed by atoms with Gasteiger partial charge in [0, 0.05) is 5.93 Å². The normalized spacial score (nSPS) is 11.1. The third-order valence-corrected chi connectivity index (χ3v) is 2.01. The molecule has 0 amide bonds.